The Balaban J connectivity index is 1.79. The van der Waals surface area contributed by atoms with Gasteiger partial charge >= 0.3 is 0 Å². The van der Waals surface area contributed by atoms with Gasteiger partial charge in [0.05, 0.1) is 6.61 Å². The second-order valence-electron chi connectivity index (χ2n) is 4.88. The lowest BCUT2D eigenvalue weighted by molar-refractivity contribution is 0.104. The van der Waals surface area contributed by atoms with Crippen molar-refractivity contribution in [2.24, 2.45) is 0 Å². The number of rotatable bonds is 3. The van der Waals surface area contributed by atoms with Crippen molar-refractivity contribution in [1.82, 2.24) is 0 Å². The van der Waals surface area contributed by atoms with Crippen LogP contribution >= 0.6 is 0 Å². The Morgan fingerprint density at radius 3 is 2.80 bits per heavy atom. The van der Waals surface area contributed by atoms with Crippen molar-refractivity contribution < 1.29 is 9.53 Å². The van der Waals surface area contributed by atoms with E-state index in [-0.39, 0.29) is 5.78 Å². The molecule has 2 nitrogen and oxygen atoms in total. The van der Waals surface area contributed by atoms with E-state index in [2.05, 4.69) is 0 Å². The lowest BCUT2D eigenvalue weighted by Gasteiger charge is -2.17. The molecule has 3 rings (SSSR count). The summed E-state index contributed by atoms with van der Waals surface area (Å²) in [4.78, 5) is 12.2. The smallest absolute Gasteiger partial charge is 0.185 e. The summed E-state index contributed by atoms with van der Waals surface area (Å²) in [5.41, 5.74) is 2.89. The molecule has 0 saturated carbocycles. The van der Waals surface area contributed by atoms with E-state index in [1.165, 1.54) is 0 Å². The van der Waals surface area contributed by atoms with Gasteiger partial charge in [0.25, 0.3) is 0 Å². The second-order valence-corrected chi connectivity index (χ2v) is 4.88. The van der Waals surface area contributed by atoms with Crippen LogP contribution in [0.1, 0.15) is 27.9 Å². The number of fused-ring (bicyclic) bond motifs is 1. The Hall–Kier alpha value is -2.35. The van der Waals surface area contributed by atoms with E-state index in [1.54, 1.807) is 6.08 Å². The number of benzene rings is 2. The fourth-order valence-electron chi connectivity index (χ4n) is 2.35. The quantitative estimate of drug-likeness (QED) is 0.620. The number of aryl methyl sites for hydroxylation is 1. The Bertz CT molecular complexity index is 642. The fourth-order valence-corrected chi connectivity index (χ4v) is 2.35. The molecular weight excluding hydrogens is 248 g/mol. The molecule has 2 aromatic rings. The number of carbonyl (C=O) groups is 1. The van der Waals surface area contributed by atoms with E-state index in [4.69, 9.17) is 4.74 Å². The van der Waals surface area contributed by atoms with Crippen LogP contribution in [0.2, 0.25) is 0 Å². The lowest BCUT2D eigenvalue weighted by atomic mass is 10.0. The molecule has 0 aliphatic carbocycles. The van der Waals surface area contributed by atoms with E-state index in [9.17, 15) is 4.79 Å². The first-order valence-electron chi connectivity index (χ1n) is 6.86. The number of ether oxygens (including phenoxy) is 1. The molecule has 0 saturated heterocycles. The van der Waals surface area contributed by atoms with Crippen LogP contribution in [0.4, 0.5) is 0 Å². The Morgan fingerprint density at radius 2 is 1.95 bits per heavy atom. The first-order valence-corrected chi connectivity index (χ1v) is 6.86. The van der Waals surface area contributed by atoms with Gasteiger partial charge in [-0.25, -0.2) is 0 Å². The highest BCUT2D eigenvalue weighted by Gasteiger charge is 2.12. The third kappa shape index (κ3) is 2.80. The third-order valence-corrected chi connectivity index (χ3v) is 3.42. The molecule has 0 spiro atoms. The monoisotopic (exact) mass is 264 g/mol. The normalized spacial score (nSPS) is 13.8. The van der Waals surface area contributed by atoms with Crippen LogP contribution in [0.15, 0.2) is 54.6 Å². The molecule has 0 radical (unpaired) electrons. The van der Waals surface area contributed by atoms with Crippen LogP contribution in [0.25, 0.3) is 6.08 Å². The minimum absolute atomic E-state index is 0.0298. The SMILES string of the molecule is O=C(/C=C/c1ccccc1)c1ccc2c(c1)CCCO2. The zero-order valence-corrected chi connectivity index (χ0v) is 11.2. The lowest BCUT2D eigenvalue weighted by Crippen LogP contribution is -2.09. The van der Waals surface area contributed by atoms with Gasteiger partial charge in [-0.2, -0.15) is 0 Å². The molecule has 2 heteroatoms. The second kappa shape index (κ2) is 5.74. The van der Waals surface area contributed by atoms with Gasteiger partial charge < -0.3 is 4.74 Å². The van der Waals surface area contributed by atoms with Crippen LogP contribution in [0.3, 0.4) is 0 Å². The molecule has 20 heavy (non-hydrogen) atoms. The van der Waals surface area contributed by atoms with Crippen molar-refractivity contribution in [3.8, 4) is 5.75 Å². The Labute approximate surface area is 118 Å². The standard InChI is InChI=1S/C18H16O2/c19-17(10-8-14-5-2-1-3-6-14)15-9-11-18-16(13-15)7-4-12-20-18/h1-3,5-6,8-11,13H,4,7,12H2/b10-8+. The van der Waals surface area contributed by atoms with E-state index in [1.807, 2.05) is 54.6 Å². The maximum Gasteiger partial charge on any atom is 0.185 e. The first kappa shape index (κ1) is 12.7. The predicted octanol–water partition coefficient (Wildman–Crippen LogP) is 3.91. The van der Waals surface area contributed by atoms with Crippen molar-refractivity contribution in [2.75, 3.05) is 6.61 Å². The number of carbonyl (C=O) groups excluding carboxylic acids is 1. The summed E-state index contributed by atoms with van der Waals surface area (Å²) >= 11 is 0. The van der Waals surface area contributed by atoms with E-state index in [0.717, 1.165) is 41.9 Å². The summed E-state index contributed by atoms with van der Waals surface area (Å²) in [6.07, 6.45) is 5.47. The van der Waals surface area contributed by atoms with E-state index in [0.29, 0.717) is 0 Å². The average molecular weight is 264 g/mol. The van der Waals surface area contributed by atoms with Gasteiger partial charge in [0.1, 0.15) is 5.75 Å². The summed E-state index contributed by atoms with van der Waals surface area (Å²) < 4.78 is 5.56. The van der Waals surface area contributed by atoms with Crippen LogP contribution in [-0.2, 0) is 6.42 Å². The molecular formula is C18H16O2. The molecule has 0 fully saturated rings. The van der Waals surface area contributed by atoms with Crippen LogP contribution in [0.5, 0.6) is 5.75 Å². The molecule has 1 aliphatic rings. The highest BCUT2D eigenvalue weighted by atomic mass is 16.5. The van der Waals surface area contributed by atoms with Gasteiger partial charge in [-0.05, 0) is 48.2 Å². The summed E-state index contributed by atoms with van der Waals surface area (Å²) in [6, 6.07) is 15.5. The van der Waals surface area contributed by atoms with Gasteiger partial charge in [-0.3, -0.25) is 4.79 Å². The van der Waals surface area contributed by atoms with Crippen molar-refractivity contribution >= 4 is 11.9 Å². The molecule has 2 aromatic carbocycles. The highest BCUT2D eigenvalue weighted by molar-refractivity contribution is 6.07. The van der Waals surface area contributed by atoms with Crippen molar-refractivity contribution in [1.29, 1.82) is 0 Å². The van der Waals surface area contributed by atoms with Gasteiger partial charge in [0.2, 0.25) is 0 Å². The maximum atomic E-state index is 12.2. The molecule has 0 N–H and O–H groups in total. The minimum Gasteiger partial charge on any atom is -0.493 e. The van der Waals surface area contributed by atoms with Crippen LogP contribution < -0.4 is 4.74 Å². The number of hydrogen-bond acceptors (Lipinski definition) is 2. The number of ketones is 1. The molecule has 0 bridgehead atoms. The van der Waals surface area contributed by atoms with E-state index >= 15 is 0 Å². The molecule has 1 heterocycles. The predicted molar refractivity (Wildman–Crippen MR) is 80.1 cm³/mol. The van der Waals surface area contributed by atoms with Crippen molar-refractivity contribution in [3.05, 3.63) is 71.3 Å². The summed E-state index contributed by atoms with van der Waals surface area (Å²) in [5, 5.41) is 0. The Kier molecular flexibility index (Phi) is 3.64. The van der Waals surface area contributed by atoms with Gasteiger partial charge in [-0.1, -0.05) is 36.4 Å². The zero-order valence-electron chi connectivity index (χ0n) is 11.2. The maximum absolute atomic E-state index is 12.2. The number of hydrogen-bond donors (Lipinski definition) is 0. The van der Waals surface area contributed by atoms with E-state index < -0.39 is 0 Å². The zero-order chi connectivity index (χ0) is 13.8. The highest BCUT2D eigenvalue weighted by Crippen LogP contribution is 2.25. The summed E-state index contributed by atoms with van der Waals surface area (Å²) in [7, 11) is 0. The average Bonchev–Trinajstić information content (AvgIpc) is 2.53. The van der Waals surface area contributed by atoms with Crippen LogP contribution in [0, 0.1) is 0 Å². The molecule has 100 valence electrons. The van der Waals surface area contributed by atoms with Crippen molar-refractivity contribution in [2.45, 2.75) is 12.8 Å². The van der Waals surface area contributed by atoms with Gasteiger partial charge in [0.15, 0.2) is 5.78 Å². The molecule has 0 unspecified atom stereocenters. The topological polar surface area (TPSA) is 26.3 Å². The van der Waals surface area contributed by atoms with Gasteiger partial charge in [0, 0.05) is 5.56 Å². The first-order chi connectivity index (χ1) is 9.83. The van der Waals surface area contributed by atoms with Gasteiger partial charge in [-0.15, -0.1) is 0 Å². The molecule has 0 amide bonds. The van der Waals surface area contributed by atoms with Crippen molar-refractivity contribution in [3.63, 3.8) is 0 Å². The minimum atomic E-state index is 0.0298. The molecule has 0 atom stereocenters. The summed E-state index contributed by atoms with van der Waals surface area (Å²) in [5.74, 6) is 0.946. The fraction of sp³-hybridized carbons (Fsp3) is 0.167. The summed E-state index contributed by atoms with van der Waals surface area (Å²) in [6.45, 7) is 0.772. The largest absolute Gasteiger partial charge is 0.493 e. The molecule has 0 aromatic heterocycles. The number of allylic oxidation sites excluding steroid dienone is 1. The Morgan fingerprint density at radius 1 is 1.10 bits per heavy atom. The third-order valence-electron chi connectivity index (χ3n) is 3.42. The van der Waals surface area contributed by atoms with Crippen LogP contribution in [-0.4, -0.2) is 12.4 Å². The molecule has 1 aliphatic heterocycles.